The van der Waals surface area contributed by atoms with E-state index < -0.39 is 0 Å². The minimum absolute atomic E-state index is 0. The highest BCUT2D eigenvalue weighted by atomic mass is 16.5. The second-order valence-corrected chi connectivity index (χ2v) is 20.7. The van der Waals surface area contributed by atoms with Gasteiger partial charge in [0.2, 0.25) is 29.6 Å². The van der Waals surface area contributed by atoms with E-state index in [0.29, 0.717) is 80.0 Å². The van der Waals surface area contributed by atoms with Crippen molar-refractivity contribution in [1.29, 1.82) is 0 Å². The molecule has 0 bridgehead atoms. The number of para-hydroxylation sites is 2. The molecule has 0 spiro atoms. The number of benzene rings is 2. The van der Waals surface area contributed by atoms with Crippen molar-refractivity contribution in [2.75, 3.05) is 63.0 Å². The lowest BCUT2D eigenvalue weighted by Crippen LogP contribution is -2.40. The largest absolute Gasteiger partial charge is 0.488 e. The molecule has 0 aliphatic carbocycles. The van der Waals surface area contributed by atoms with Gasteiger partial charge >= 0.3 is 0 Å². The number of nitrogens with zero attached hydrogens (tertiary/aromatic N) is 9. The Morgan fingerprint density at radius 1 is 0.634 bits per heavy atom. The third-order valence-electron chi connectivity index (χ3n) is 15.0. The van der Waals surface area contributed by atoms with Gasteiger partial charge in [0.05, 0.1) is 23.3 Å². The van der Waals surface area contributed by atoms with E-state index in [4.69, 9.17) is 24.2 Å². The molecule has 0 radical (unpaired) electrons. The number of likely N-dealkylation sites (tertiary alicyclic amines) is 3. The van der Waals surface area contributed by atoms with Crippen LogP contribution in [0.25, 0.3) is 22.1 Å². The Labute approximate surface area is 479 Å². The first kappa shape index (κ1) is 61.2. The molecule has 10 rings (SSSR count). The first-order chi connectivity index (χ1) is 39.2. The monoisotopic (exact) mass is 1120 g/mol. The van der Waals surface area contributed by atoms with E-state index in [-0.39, 0.29) is 61.3 Å². The number of amides is 5. The first-order valence-electron chi connectivity index (χ1n) is 27.9. The van der Waals surface area contributed by atoms with Crippen LogP contribution in [0.5, 0.6) is 11.5 Å². The van der Waals surface area contributed by atoms with Gasteiger partial charge in [-0.25, -0.2) is 9.97 Å². The third-order valence-corrected chi connectivity index (χ3v) is 15.0. The number of pyridine rings is 2. The molecule has 4 saturated heterocycles. The number of hydrogen-bond acceptors (Lipinski definition) is 14. The number of hydrogen-bond donors (Lipinski definition) is 3. The Balaban J connectivity index is 0.000000217. The van der Waals surface area contributed by atoms with Crippen molar-refractivity contribution in [2.45, 2.75) is 124 Å². The molecule has 82 heavy (non-hydrogen) atoms. The van der Waals surface area contributed by atoms with Crippen LogP contribution in [0.15, 0.2) is 98.6 Å². The summed E-state index contributed by atoms with van der Waals surface area (Å²) >= 11 is 0. The van der Waals surface area contributed by atoms with E-state index in [0.717, 1.165) is 117 Å². The Hall–Kier alpha value is -8.46. The average molecular weight is 1120 g/mol. The highest BCUT2D eigenvalue weighted by Gasteiger charge is 2.31. The molecule has 6 aromatic rings. The lowest BCUT2D eigenvalue weighted by molar-refractivity contribution is -0.131. The zero-order valence-corrected chi connectivity index (χ0v) is 46.8. The summed E-state index contributed by atoms with van der Waals surface area (Å²) in [7, 11) is 0. The molecule has 8 heterocycles. The quantitative estimate of drug-likeness (QED) is 0.0557. The Morgan fingerprint density at radius 2 is 1.12 bits per heavy atom. The van der Waals surface area contributed by atoms with Crippen molar-refractivity contribution in [3.05, 3.63) is 121 Å². The van der Waals surface area contributed by atoms with Gasteiger partial charge in [0.15, 0.2) is 0 Å². The molecule has 0 unspecified atom stereocenters. The zero-order valence-electron chi connectivity index (χ0n) is 46.8. The maximum absolute atomic E-state index is 13.3. The van der Waals surface area contributed by atoms with Gasteiger partial charge < -0.3 is 43.4 Å². The van der Waals surface area contributed by atoms with E-state index in [1.807, 2.05) is 69.5 Å². The molecule has 4 aliphatic rings. The molecule has 21 heteroatoms. The van der Waals surface area contributed by atoms with E-state index >= 15 is 0 Å². The molecular formula is C61H78N12O9. The van der Waals surface area contributed by atoms with Crippen LogP contribution in [0.2, 0.25) is 0 Å². The predicted octanol–water partition coefficient (Wildman–Crippen LogP) is 8.76. The smallest absolute Gasteiger partial charge is 0.297 e. The highest BCUT2D eigenvalue weighted by molar-refractivity contribution is 6.05. The number of imidazole rings is 2. The summed E-state index contributed by atoms with van der Waals surface area (Å²) in [6.45, 7) is 19.6. The van der Waals surface area contributed by atoms with Gasteiger partial charge in [-0.2, -0.15) is 0 Å². The maximum atomic E-state index is 13.3. The van der Waals surface area contributed by atoms with Gasteiger partial charge in [0.25, 0.3) is 18.3 Å². The maximum Gasteiger partial charge on any atom is 0.297 e. The van der Waals surface area contributed by atoms with Crippen molar-refractivity contribution < 1.29 is 43.0 Å². The summed E-state index contributed by atoms with van der Waals surface area (Å²) < 4.78 is 21.2. The Bertz CT molecular complexity index is 3200. The van der Waals surface area contributed by atoms with Crippen LogP contribution in [-0.4, -0.2) is 144 Å². The number of fused-ring (bicyclic) bond motifs is 2. The second kappa shape index (κ2) is 29.3. The number of anilines is 2. The van der Waals surface area contributed by atoms with Crippen LogP contribution in [-0.2, 0) is 23.9 Å². The van der Waals surface area contributed by atoms with Gasteiger partial charge in [0, 0.05) is 126 Å². The number of carbonyl (C=O) groups excluding carboxylic acids is 6. The number of piperidine rings is 2. The molecule has 4 fully saturated rings. The van der Waals surface area contributed by atoms with Crippen LogP contribution >= 0.6 is 0 Å². The zero-order chi connectivity index (χ0) is 57.4. The standard InChI is InChI=1S/C30H36N6O4.C27H34N6O3.C3H4O2.CH4/c1-4-27(38)35-15-6-5-8-23(19-35)36-28-25(32-30(36)33-29(39)22-11-14-31-20(2)18-22)9-7-10-26(28)40-24-12-16-34(17-13-24)21(3)37;1-18-16-20(9-13-29-18)26(35)31-27-30-23-7-5-8-24(36-22-10-14-32(15-11-22)19(2)34)25(23)33(27)21-6-3-4-12-28-17-21;1-2-5-3-4;/h4,7,9-11,14,18,23-24H,1,5-6,8,12-13,15-17,19H2,2-3H3,(H,32,33,39);5,7-9,13,16,21-22,28H,3-4,6,10-12,14-15,17H2,1-2H3,(H,30,31,35);2-3H,1H2;1H4/t23-;21-;;/m11../s1. The molecule has 4 aromatic heterocycles. The summed E-state index contributed by atoms with van der Waals surface area (Å²) in [6.07, 6.45) is 14.5. The van der Waals surface area contributed by atoms with Gasteiger partial charge in [-0.3, -0.25) is 49.4 Å². The lowest BCUT2D eigenvalue weighted by atomic mass is 10.1. The molecule has 3 N–H and O–H groups in total. The predicted molar refractivity (Wildman–Crippen MR) is 315 cm³/mol. The number of ether oxygens (including phenoxy) is 3. The van der Waals surface area contributed by atoms with E-state index in [1.54, 1.807) is 50.5 Å². The van der Waals surface area contributed by atoms with E-state index in [9.17, 15) is 24.0 Å². The lowest BCUT2D eigenvalue weighted by Gasteiger charge is -2.32. The minimum atomic E-state index is -0.284. The normalized spacial score (nSPS) is 17.7. The van der Waals surface area contributed by atoms with Gasteiger partial charge in [-0.05, 0) is 107 Å². The average Bonchev–Trinajstić information content (AvgIpc) is 4.03. The molecule has 21 nitrogen and oxygen atoms in total. The fourth-order valence-corrected chi connectivity index (χ4v) is 10.9. The van der Waals surface area contributed by atoms with Crippen molar-refractivity contribution in [2.24, 2.45) is 0 Å². The second-order valence-electron chi connectivity index (χ2n) is 20.7. The molecule has 4 aliphatic heterocycles. The number of aromatic nitrogens is 6. The molecule has 5 amide bonds. The molecule has 436 valence electrons. The van der Waals surface area contributed by atoms with Crippen LogP contribution in [0, 0.1) is 13.8 Å². The summed E-state index contributed by atoms with van der Waals surface area (Å²) in [5, 5.41) is 9.64. The molecule has 2 aromatic carbocycles. The van der Waals surface area contributed by atoms with Gasteiger partial charge in [-0.1, -0.05) is 39.1 Å². The van der Waals surface area contributed by atoms with Gasteiger partial charge in [-0.15, -0.1) is 0 Å². The number of aryl methyl sites for hydroxylation is 2. The molecule has 2 atom stereocenters. The third kappa shape index (κ3) is 15.5. The van der Waals surface area contributed by atoms with Crippen LogP contribution in [0.4, 0.5) is 11.9 Å². The number of rotatable bonds is 13. The SMILES string of the molecule is C.C=CC(=O)N1CCCC[C@@H](n2c(NC(=O)c3ccnc(C)c3)nc3cccc(OC4CCN(C(C)=O)CC4)c32)C1.C=COC=O.CC(=O)N1CCC(Oc2cccc3nc(NC(=O)c4ccnc(C)c4)n([C@@H]4CCCCNC4)c23)CC1. The van der Waals surface area contributed by atoms with Crippen molar-refractivity contribution >= 4 is 70.0 Å². The van der Waals surface area contributed by atoms with Crippen LogP contribution < -0.4 is 25.4 Å². The Morgan fingerprint density at radius 3 is 1.57 bits per heavy atom. The fraction of sp³-hybridized carbons (Fsp3) is 0.443. The van der Waals surface area contributed by atoms with Crippen LogP contribution in [0.1, 0.15) is 130 Å². The van der Waals surface area contributed by atoms with Gasteiger partial charge in [0.1, 0.15) is 34.7 Å². The topological polar surface area (TPSA) is 237 Å². The molecule has 0 saturated carbocycles. The fourth-order valence-electron chi connectivity index (χ4n) is 10.9. The minimum Gasteiger partial charge on any atom is -0.488 e. The molecular weight excluding hydrogens is 1040 g/mol. The summed E-state index contributed by atoms with van der Waals surface area (Å²) in [4.78, 5) is 95.4. The summed E-state index contributed by atoms with van der Waals surface area (Å²) in [5.41, 5.74) is 5.76. The first-order valence-corrected chi connectivity index (χ1v) is 27.9. The van der Waals surface area contributed by atoms with Crippen LogP contribution in [0.3, 0.4) is 0 Å². The van der Waals surface area contributed by atoms with E-state index in [2.05, 4.69) is 48.4 Å². The number of nitrogens with one attached hydrogen (secondary N) is 3. The van der Waals surface area contributed by atoms with Crippen molar-refractivity contribution in [1.82, 2.24) is 49.1 Å². The summed E-state index contributed by atoms with van der Waals surface area (Å²) in [6, 6.07) is 18.5. The van der Waals surface area contributed by atoms with Crippen molar-refractivity contribution in [3.63, 3.8) is 0 Å². The number of carbonyl (C=O) groups is 6. The Kier molecular flexibility index (Phi) is 21.9. The van der Waals surface area contributed by atoms with Crippen molar-refractivity contribution in [3.8, 4) is 11.5 Å². The highest BCUT2D eigenvalue weighted by Crippen LogP contribution is 2.38. The summed E-state index contributed by atoms with van der Waals surface area (Å²) in [5.74, 6) is 1.97. The van der Waals surface area contributed by atoms with E-state index in [1.165, 1.54) is 6.08 Å².